The van der Waals surface area contributed by atoms with Gasteiger partial charge in [-0.05, 0) is 29.7 Å². The zero-order valence-electron chi connectivity index (χ0n) is 16.5. The van der Waals surface area contributed by atoms with Crippen LogP contribution in [0.1, 0.15) is 22.8 Å². The maximum absolute atomic E-state index is 4.50. The Hall–Kier alpha value is -3.05. The first-order chi connectivity index (χ1) is 14.4. The van der Waals surface area contributed by atoms with E-state index in [0.29, 0.717) is 0 Å². The zero-order valence-corrected chi connectivity index (χ0v) is 16.5. The van der Waals surface area contributed by atoms with Crippen LogP contribution in [0.2, 0.25) is 0 Å². The van der Waals surface area contributed by atoms with Gasteiger partial charge in [0.1, 0.15) is 11.6 Å². The van der Waals surface area contributed by atoms with Crippen molar-refractivity contribution < 1.29 is 0 Å². The number of para-hydroxylation sites is 1. The Morgan fingerprint density at radius 1 is 0.793 bits per heavy atom. The fourth-order valence-electron chi connectivity index (χ4n) is 4.20. The highest BCUT2D eigenvalue weighted by Crippen LogP contribution is 2.19. The molecule has 0 radical (unpaired) electrons. The highest BCUT2D eigenvalue weighted by atomic mass is 15.3. The molecule has 3 heterocycles. The minimum Gasteiger partial charge on any atom is -0.314 e. The highest BCUT2D eigenvalue weighted by Gasteiger charge is 2.19. The number of pyridine rings is 1. The van der Waals surface area contributed by atoms with E-state index in [0.717, 1.165) is 62.6 Å². The van der Waals surface area contributed by atoms with Crippen molar-refractivity contribution in [1.29, 1.82) is 0 Å². The van der Waals surface area contributed by atoms with Crippen molar-refractivity contribution in [3.8, 4) is 0 Å². The van der Waals surface area contributed by atoms with Crippen LogP contribution in [-0.4, -0.2) is 37.7 Å². The number of aromatic nitrogens is 4. The molecular weight excluding hydrogens is 358 g/mol. The molecule has 5 nitrogen and oxygen atoms in total. The van der Waals surface area contributed by atoms with Crippen LogP contribution in [-0.2, 0) is 32.4 Å². The van der Waals surface area contributed by atoms with Gasteiger partial charge in [0, 0.05) is 50.6 Å². The minimum atomic E-state index is 0.937. The average molecular weight is 383 g/mol. The summed E-state index contributed by atoms with van der Waals surface area (Å²) >= 11 is 0. The number of hydrogen-bond donors (Lipinski definition) is 0. The Balaban J connectivity index is 1.28. The molecule has 0 amide bonds. The molecule has 5 heteroatoms. The van der Waals surface area contributed by atoms with Crippen molar-refractivity contribution in [3.05, 3.63) is 89.6 Å². The van der Waals surface area contributed by atoms with Crippen LogP contribution in [0.3, 0.4) is 0 Å². The third kappa shape index (κ3) is 3.91. The molecule has 0 fully saturated rings. The van der Waals surface area contributed by atoms with Crippen LogP contribution >= 0.6 is 0 Å². The second-order valence-corrected chi connectivity index (χ2v) is 7.68. The third-order valence-corrected chi connectivity index (χ3v) is 5.81. The van der Waals surface area contributed by atoms with Crippen LogP contribution in [0.15, 0.2) is 66.9 Å². The van der Waals surface area contributed by atoms with Gasteiger partial charge in [0.2, 0.25) is 0 Å². The van der Waals surface area contributed by atoms with Crippen molar-refractivity contribution in [2.45, 2.75) is 32.4 Å². The first-order valence-corrected chi connectivity index (χ1v) is 10.4. The first kappa shape index (κ1) is 18.0. The summed E-state index contributed by atoms with van der Waals surface area (Å²) in [5.41, 5.74) is 3.77. The number of fused-ring (bicyclic) bond motifs is 2. The van der Waals surface area contributed by atoms with Crippen LogP contribution < -0.4 is 0 Å². The summed E-state index contributed by atoms with van der Waals surface area (Å²) < 4.78 is 2.34. The topological polar surface area (TPSA) is 46.8 Å². The molecule has 0 saturated heterocycles. The Labute approximate surface area is 171 Å². The maximum Gasteiger partial charge on any atom is 0.134 e. The molecule has 4 aromatic rings. The maximum atomic E-state index is 4.50. The molecule has 0 atom stereocenters. The molecule has 0 unspecified atom stereocenters. The lowest BCUT2D eigenvalue weighted by atomic mass is 10.1. The van der Waals surface area contributed by atoms with Crippen LogP contribution in [0.5, 0.6) is 0 Å². The van der Waals surface area contributed by atoms with E-state index < -0.39 is 0 Å². The van der Waals surface area contributed by atoms with Gasteiger partial charge in [-0.15, -0.1) is 10.2 Å². The van der Waals surface area contributed by atoms with E-state index in [1.165, 1.54) is 16.5 Å². The molecule has 1 aliphatic rings. The Morgan fingerprint density at radius 3 is 2.59 bits per heavy atom. The van der Waals surface area contributed by atoms with Crippen molar-refractivity contribution in [2.75, 3.05) is 13.1 Å². The molecule has 0 bridgehead atoms. The van der Waals surface area contributed by atoms with E-state index >= 15 is 0 Å². The normalized spacial score (nSPS) is 14.6. The lowest BCUT2D eigenvalue weighted by Crippen LogP contribution is -2.27. The molecule has 0 aliphatic carbocycles. The predicted octanol–water partition coefficient (Wildman–Crippen LogP) is 3.67. The molecule has 0 spiro atoms. The number of nitrogens with zero attached hydrogens (tertiary/aromatic N) is 5. The monoisotopic (exact) mass is 383 g/mol. The van der Waals surface area contributed by atoms with E-state index in [1.54, 1.807) is 0 Å². The van der Waals surface area contributed by atoms with Gasteiger partial charge in [0.25, 0.3) is 0 Å². The standard InChI is InChI=1S/C24H25N5/c1-2-6-19(7-3-1)10-11-23-26-27-24-13-15-28(16-17-29(23)24)18-20-12-14-25-22-9-5-4-8-21(20)22/h1-9,12,14H,10-11,13,15-18H2. The van der Waals surface area contributed by atoms with Crippen molar-refractivity contribution in [1.82, 2.24) is 24.6 Å². The van der Waals surface area contributed by atoms with E-state index in [2.05, 4.69) is 79.2 Å². The molecule has 2 aromatic carbocycles. The summed E-state index contributed by atoms with van der Waals surface area (Å²) in [6.45, 7) is 3.92. The SMILES string of the molecule is c1ccc(CCc2nnc3n2CCN(Cc2ccnc4ccccc24)CC3)cc1. The van der Waals surface area contributed by atoms with Crippen LogP contribution in [0.4, 0.5) is 0 Å². The van der Waals surface area contributed by atoms with Gasteiger partial charge in [0.05, 0.1) is 5.52 Å². The largest absolute Gasteiger partial charge is 0.314 e. The van der Waals surface area contributed by atoms with E-state index in [4.69, 9.17) is 0 Å². The summed E-state index contributed by atoms with van der Waals surface area (Å²) in [5, 5.41) is 10.2. The van der Waals surface area contributed by atoms with E-state index in [1.807, 2.05) is 12.3 Å². The average Bonchev–Trinajstić information content (AvgIpc) is 3.05. The van der Waals surface area contributed by atoms with Crippen molar-refractivity contribution >= 4 is 10.9 Å². The Bertz CT molecular complexity index is 1100. The summed E-state index contributed by atoms with van der Waals surface area (Å²) in [4.78, 5) is 7.02. The molecule has 0 N–H and O–H groups in total. The molecule has 5 rings (SSSR count). The van der Waals surface area contributed by atoms with Gasteiger partial charge in [-0.3, -0.25) is 9.88 Å². The second kappa shape index (κ2) is 8.13. The summed E-state index contributed by atoms with van der Waals surface area (Å²) in [5.74, 6) is 2.23. The lowest BCUT2D eigenvalue weighted by molar-refractivity contribution is 0.271. The summed E-state index contributed by atoms with van der Waals surface area (Å²) in [6, 6.07) is 21.2. The van der Waals surface area contributed by atoms with Crippen LogP contribution in [0, 0.1) is 0 Å². The molecule has 146 valence electrons. The van der Waals surface area contributed by atoms with E-state index in [9.17, 15) is 0 Å². The fourth-order valence-corrected chi connectivity index (χ4v) is 4.20. The Morgan fingerprint density at radius 2 is 1.66 bits per heavy atom. The van der Waals surface area contributed by atoms with Gasteiger partial charge in [0.15, 0.2) is 0 Å². The number of hydrogen-bond acceptors (Lipinski definition) is 4. The van der Waals surface area contributed by atoms with Crippen molar-refractivity contribution in [2.24, 2.45) is 0 Å². The molecular formula is C24H25N5. The quantitative estimate of drug-likeness (QED) is 0.528. The smallest absolute Gasteiger partial charge is 0.134 e. The first-order valence-electron chi connectivity index (χ1n) is 10.4. The van der Waals surface area contributed by atoms with Gasteiger partial charge in [-0.1, -0.05) is 48.5 Å². The second-order valence-electron chi connectivity index (χ2n) is 7.68. The third-order valence-electron chi connectivity index (χ3n) is 5.81. The molecule has 29 heavy (non-hydrogen) atoms. The summed E-state index contributed by atoms with van der Waals surface area (Å²) in [6.07, 6.45) is 4.81. The molecule has 0 saturated carbocycles. The van der Waals surface area contributed by atoms with Gasteiger partial charge in [-0.25, -0.2) is 0 Å². The number of rotatable bonds is 5. The van der Waals surface area contributed by atoms with E-state index in [-0.39, 0.29) is 0 Å². The lowest BCUT2D eigenvalue weighted by Gasteiger charge is -2.20. The van der Waals surface area contributed by atoms with Crippen molar-refractivity contribution in [3.63, 3.8) is 0 Å². The Kier molecular flexibility index (Phi) is 5.05. The highest BCUT2D eigenvalue weighted by molar-refractivity contribution is 5.81. The van der Waals surface area contributed by atoms with Gasteiger partial charge < -0.3 is 4.57 Å². The summed E-state index contributed by atoms with van der Waals surface area (Å²) in [7, 11) is 0. The number of aryl methyl sites for hydroxylation is 2. The zero-order chi connectivity index (χ0) is 19.5. The molecule has 2 aromatic heterocycles. The van der Waals surface area contributed by atoms with Gasteiger partial charge >= 0.3 is 0 Å². The fraction of sp³-hybridized carbons (Fsp3) is 0.292. The number of benzene rings is 2. The molecule has 1 aliphatic heterocycles. The van der Waals surface area contributed by atoms with Crippen LogP contribution in [0.25, 0.3) is 10.9 Å². The predicted molar refractivity (Wildman–Crippen MR) is 115 cm³/mol. The van der Waals surface area contributed by atoms with Gasteiger partial charge in [-0.2, -0.15) is 0 Å². The minimum absolute atomic E-state index is 0.937.